The summed E-state index contributed by atoms with van der Waals surface area (Å²) in [5.74, 6) is -1.20. The number of hydrogen-bond acceptors (Lipinski definition) is 7. The minimum Gasteiger partial charge on any atom is -0.471 e. The third-order valence-electron chi connectivity index (χ3n) is 7.65. The molecule has 0 bridgehead atoms. The Morgan fingerprint density at radius 3 is 2.49 bits per heavy atom. The average molecular weight is 645 g/mol. The molecule has 1 amide bonds. The van der Waals surface area contributed by atoms with Crippen LogP contribution in [0, 0.1) is 5.82 Å². The van der Waals surface area contributed by atoms with E-state index in [4.69, 9.17) is 9.47 Å². The minimum absolute atomic E-state index is 0.0308. The summed E-state index contributed by atoms with van der Waals surface area (Å²) in [4.78, 5) is 21.2. The first kappa shape index (κ1) is 29.7. The molecule has 2 aliphatic rings. The van der Waals surface area contributed by atoms with E-state index in [1.165, 1.54) is 9.58 Å². The summed E-state index contributed by atoms with van der Waals surface area (Å²) in [6.45, 7) is 8.38. The monoisotopic (exact) mass is 644 g/mol. The lowest BCUT2D eigenvalue weighted by atomic mass is 10.1. The van der Waals surface area contributed by atoms with Gasteiger partial charge in [0.15, 0.2) is 11.3 Å². The molecule has 14 heteroatoms. The smallest absolute Gasteiger partial charge is 0.417 e. The number of benzene rings is 1. The molecule has 3 atom stereocenters. The number of piperidine rings is 1. The van der Waals surface area contributed by atoms with Crippen LogP contribution in [0.2, 0.25) is 0 Å². The molecule has 224 valence electrons. The molecule has 4 heterocycles. The fourth-order valence-corrected chi connectivity index (χ4v) is 6.26. The van der Waals surface area contributed by atoms with Crippen molar-refractivity contribution >= 4 is 44.0 Å². The van der Waals surface area contributed by atoms with Crippen molar-refractivity contribution in [3.8, 4) is 5.88 Å². The number of pyridine rings is 1. The molecule has 2 saturated heterocycles. The Bertz CT molecular complexity index is 1470. The van der Waals surface area contributed by atoms with Crippen LogP contribution in [0.15, 0.2) is 10.5 Å². The quantitative estimate of drug-likeness (QED) is 0.293. The third kappa shape index (κ3) is 5.69. The first-order valence-corrected chi connectivity index (χ1v) is 14.5. The molecule has 2 aliphatic heterocycles. The predicted molar refractivity (Wildman–Crippen MR) is 147 cm³/mol. The summed E-state index contributed by atoms with van der Waals surface area (Å²) < 4.78 is 70.1. The van der Waals surface area contributed by atoms with E-state index in [0.29, 0.717) is 19.4 Å². The standard InChI is InChI=1S/C27H33BrF4N6O3/c1-14(17-9-8-11-36(17)5)40-24-22-23(15-13-16(27(30,31)32)19(28)20(29)21(15)33-24)38(35-34-22)18-10-6-7-12-37(18)25(39)41-26(2,3)4/h13-14,17-18H,6-12H2,1-5H3/t14-,17-,18?/m0/s1. The fourth-order valence-electron chi connectivity index (χ4n) is 5.73. The lowest BCUT2D eigenvalue weighted by Crippen LogP contribution is -2.44. The van der Waals surface area contributed by atoms with E-state index >= 15 is 4.39 Å². The number of aromatic nitrogens is 4. The van der Waals surface area contributed by atoms with Crippen LogP contribution in [-0.4, -0.2) is 73.8 Å². The van der Waals surface area contributed by atoms with Crippen LogP contribution < -0.4 is 4.74 Å². The van der Waals surface area contributed by atoms with Crippen molar-refractivity contribution in [1.82, 2.24) is 29.8 Å². The van der Waals surface area contributed by atoms with E-state index in [1.54, 1.807) is 20.8 Å². The van der Waals surface area contributed by atoms with Crippen molar-refractivity contribution in [2.75, 3.05) is 20.1 Å². The van der Waals surface area contributed by atoms with Crippen molar-refractivity contribution in [2.24, 2.45) is 0 Å². The van der Waals surface area contributed by atoms with Gasteiger partial charge < -0.3 is 9.47 Å². The first-order valence-electron chi connectivity index (χ1n) is 13.7. The van der Waals surface area contributed by atoms with Gasteiger partial charge in [0.1, 0.15) is 28.9 Å². The number of amides is 1. The molecule has 41 heavy (non-hydrogen) atoms. The summed E-state index contributed by atoms with van der Waals surface area (Å²) in [6, 6.07) is 0.916. The number of ether oxygens (including phenoxy) is 2. The van der Waals surface area contributed by atoms with E-state index in [2.05, 4.69) is 36.1 Å². The highest BCUT2D eigenvalue weighted by molar-refractivity contribution is 9.10. The van der Waals surface area contributed by atoms with Crippen LogP contribution in [0.5, 0.6) is 5.88 Å². The van der Waals surface area contributed by atoms with Crippen LogP contribution in [-0.2, 0) is 10.9 Å². The maximum Gasteiger partial charge on any atom is 0.417 e. The molecule has 2 aromatic heterocycles. The zero-order valence-corrected chi connectivity index (χ0v) is 25.1. The molecule has 0 aliphatic carbocycles. The number of halogens is 5. The zero-order valence-electron chi connectivity index (χ0n) is 23.6. The van der Waals surface area contributed by atoms with Gasteiger partial charge in [0.2, 0.25) is 5.88 Å². The zero-order chi connectivity index (χ0) is 29.9. The molecule has 0 saturated carbocycles. The molecule has 0 radical (unpaired) electrons. The van der Waals surface area contributed by atoms with Crippen molar-refractivity contribution in [2.45, 2.75) is 89.9 Å². The van der Waals surface area contributed by atoms with Gasteiger partial charge in [-0.3, -0.25) is 9.80 Å². The maximum atomic E-state index is 15.7. The van der Waals surface area contributed by atoms with Gasteiger partial charge in [0.05, 0.1) is 10.0 Å². The highest BCUT2D eigenvalue weighted by Crippen LogP contribution is 2.43. The summed E-state index contributed by atoms with van der Waals surface area (Å²) in [5, 5.41) is 8.43. The Balaban J connectivity index is 1.72. The second-order valence-electron chi connectivity index (χ2n) is 11.8. The Labute approximate surface area is 243 Å². The number of fused-ring (bicyclic) bond motifs is 3. The van der Waals surface area contributed by atoms with Crippen LogP contribution in [0.4, 0.5) is 22.4 Å². The summed E-state index contributed by atoms with van der Waals surface area (Å²) in [6.07, 6.45) is -2.73. The van der Waals surface area contributed by atoms with Crippen molar-refractivity contribution in [3.63, 3.8) is 0 Å². The van der Waals surface area contributed by atoms with Gasteiger partial charge in [-0.1, -0.05) is 5.21 Å². The summed E-state index contributed by atoms with van der Waals surface area (Å²) in [5.41, 5.74) is -2.08. The topological polar surface area (TPSA) is 85.6 Å². The summed E-state index contributed by atoms with van der Waals surface area (Å²) in [7, 11) is 1.99. The van der Waals surface area contributed by atoms with Gasteiger partial charge in [-0.15, -0.1) is 5.10 Å². The Kier molecular flexibility index (Phi) is 7.86. The molecular weight excluding hydrogens is 612 g/mol. The number of carbonyl (C=O) groups excluding carboxylic acids is 1. The van der Waals surface area contributed by atoms with E-state index in [-0.39, 0.29) is 40.0 Å². The number of likely N-dealkylation sites (tertiary alicyclic amines) is 2. The molecule has 0 spiro atoms. The average Bonchev–Trinajstić information content (AvgIpc) is 3.51. The highest BCUT2D eigenvalue weighted by Gasteiger charge is 2.38. The number of alkyl halides is 3. The van der Waals surface area contributed by atoms with Crippen LogP contribution in [0.25, 0.3) is 21.9 Å². The van der Waals surface area contributed by atoms with Gasteiger partial charge in [0.25, 0.3) is 0 Å². The first-order chi connectivity index (χ1) is 19.2. The number of rotatable bonds is 4. The molecular formula is C27H33BrF4N6O3. The van der Waals surface area contributed by atoms with Crippen LogP contribution >= 0.6 is 15.9 Å². The van der Waals surface area contributed by atoms with Gasteiger partial charge in [-0.05, 0) is 95.4 Å². The lowest BCUT2D eigenvalue weighted by molar-refractivity contribution is -0.138. The largest absolute Gasteiger partial charge is 0.471 e. The van der Waals surface area contributed by atoms with Gasteiger partial charge in [0, 0.05) is 18.0 Å². The number of likely N-dealkylation sites (N-methyl/N-ethyl adjacent to an activating group) is 1. The Hall–Kier alpha value is -2.74. The van der Waals surface area contributed by atoms with Crippen molar-refractivity contribution < 1.29 is 31.8 Å². The summed E-state index contributed by atoms with van der Waals surface area (Å²) >= 11 is 2.79. The van der Waals surface area contributed by atoms with Crippen LogP contribution in [0.3, 0.4) is 0 Å². The second kappa shape index (κ2) is 10.8. The number of nitrogens with zero attached hydrogens (tertiary/aromatic N) is 6. The number of hydrogen-bond donors (Lipinski definition) is 0. The van der Waals surface area contributed by atoms with Gasteiger partial charge in [-0.25, -0.2) is 18.9 Å². The fraction of sp³-hybridized carbons (Fsp3) is 0.630. The third-order valence-corrected chi connectivity index (χ3v) is 8.42. The minimum atomic E-state index is -4.84. The SMILES string of the molecule is C[C@H](Oc1nc2c(F)c(Br)c(C(F)(F)F)cc2c2c1nnn2C1CCCCN1C(=O)OC(C)(C)C)[C@@H]1CCCN1C. The van der Waals surface area contributed by atoms with Crippen molar-refractivity contribution in [1.29, 1.82) is 0 Å². The van der Waals surface area contributed by atoms with E-state index < -0.39 is 39.9 Å². The normalized spacial score (nSPS) is 21.6. The van der Waals surface area contributed by atoms with E-state index in [1.807, 2.05) is 14.0 Å². The molecule has 1 unspecified atom stereocenters. The molecule has 1 aromatic carbocycles. The van der Waals surface area contributed by atoms with Gasteiger partial charge in [-0.2, -0.15) is 13.2 Å². The van der Waals surface area contributed by atoms with Crippen molar-refractivity contribution in [3.05, 3.63) is 21.9 Å². The van der Waals surface area contributed by atoms with E-state index in [0.717, 1.165) is 31.9 Å². The Morgan fingerprint density at radius 1 is 1.12 bits per heavy atom. The lowest BCUT2D eigenvalue weighted by Gasteiger charge is -2.36. The predicted octanol–water partition coefficient (Wildman–Crippen LogP) is 6.68. The molecule has 5 rings (SSSR count). The maximum absolute atomic E-state index is 15.7. The highest BCUT2D eigenvalue weighted by atomic mass is 79.9. The van der Waals surface area contributed by atoms with Crippen LogP contribution in [0.1, 0.15) is 71.5 Å². The van der Waals surface area contributed by atoms with E-state index in [9.17, 15) is 18.0 Å². The molecule has 0 N–H and O–H groups in total. The van der Waals surface area contributed by atoms with Gasteiger partial charge >= 0.3 is 12.3 Å². The Morgan fingerprint density at radius 2 is 1.85 bits per heavy atom. The molecule has 3 aromatic rings. The molecule has 2 fully saturated rings. The molecule has 9 nitrogen and oxygen atoms in total. The number of carbonyl (C=O) groups is 1. The second-order valence-corrected chi connectivity index (χ2v) is 12.6.